The molecule has 36 heavy (non-hydrogen) atoms. The lowest BCUT2D eigenvalue weighted by molar-refractivity contribution is -0.128. The Morgan fingerprint density at radius 1 is 1.06 bits per heavy atom. The second kappa shape index (κ2) is 10.6. The molecule has 0 spiro atoms. The molecule has 186 valence electrons. The van der Waals surface area contributed by atoms with Crippen LogP contribution in [0.4, 0.5) is 0 Å². The second-order valence-electron chi connectivity index (χ2n) is 9.25. The minimum Gasteiger partial charge on any atom is -0.497 e. The lowest BCUT2D eigenvalue weighted by Gasteiger charge is -2.18. The zero-order valence-corrected chi connectivity index (χ0v) is 21.4. The molecule has 7 heteroatoms. The number of hydrogen-bond donors (Lipinski definition) is 0. The summed E-state index contributed by atoms with van der Waals surface area (Å²) in [6.45, 7) is 4.58. The van der Waals surface area contributed by atoms with Gasteiger partial charge in [-0.2, -0.15) is 0 Å². The van der Waals surface area contributed by atoms with E-state index in [1.165, 1.54) is 0 Å². The van der Waals surface area contributed by atoms with Gasteiger partial charge in [-0.1, -0.05) is 35.9 Å². The highest BCUT2D eigenvalue weighted by Gasteiger charge is 2.34. The van der Waals surface area contributed by atoms with E-state index >= 15 is 0 Å². The van der Waals surface area contributed by atoms with E-state index in [1.807, 2.05) is 72.5 Å². The summed E-state index contributed by atoms with van der Waals surface area (Å²) in [6.07, 6.45) is 1.30. The number of halogens is 1. The third-order valence-electron chi connectivity index (χ3n) is 6.72. The predicted octanol–water partition coefficient (Wildman–Crippen LogP) is 5.99. The molecule has 2 heterocycles. The first-order chi connectivity index (χ1) is 17.5. The van der Waals surface area contributed by atoms with E-state index in [0.29, 0.717) is 26.1 Å². The molecule has 5 rings (SSSR count). The van der Waals surface area contributed by atoms with Crippen LogP contribution in [-0.4, -0.2) is 40.6 Å². The van der Waals surface area contributed by atoms with E-state index in [9.17, 15) is 4.79 Å². The fourth-order valence-electron chi connectivity index (χ4n) is 4.81. The van der Waals surface area contributed by atoms with Gasteiger partial charge in [-0.15, -0.1) is 0 Å². The van der Waals surface area contributed by atoms with Crippen molar-refractivity contribution in [1.29, 1.82) is 0 Å². The summed E-state index contributed by atoms with van der Waals surface area (Å²) < 4.78 is 13.5. The van der Waals surface area contributed by atoms with E-state index < -0.39 is 0 Å². The van der Waals surface area contributed by atoms with Crippen LogP contribution in [0.3, 0.4) is 0 Å². The molecule has 0 aliphatic carbocycles. The standard InChI is InChI=1S/C29H30ClN3O3/c1-20-16-24(12-13-25(20)30)36-15-5-14-33-27-7-4-3-6-26(27)31-29(33)22-17-28(34)32(19-22)18-21-8-10-23(35-2)11-9-21/h3-4,6-13,16,22H,5,14-15,17-19H2,1-2H3. The summed E-state index contributed by atoms with van der Waals surface area (Å²) in [5.41, 5.74) is 4.15. The van der Waals surface area contributed by atoms with Crippen molar-refractivity contribution in [3.63, 3.8) is 0 Å². The smallest absolute Gasteiger partial charge is 0.223 e. The number of likely N-dealkylation sites (tertiary alicyclic amines) is 1. The van der Waals surface area contributed by atoms with Crippen molar-refractivity contribution in [2.75, 3.05) is 20.3 Å². The third-order valence-corrected chi connectivity index (χ3v) is 7.14. The van der Waals surface area contributed by atoms with Crippen molar-refractivity contribution in [1.82, 2.24) is 14.5 Å². The van der Waals surface area contributed by atoms with Gasteiger partial charge in [-0.3, -0.25) is 4.79 Å². The number of imidazole rings is 1. The zero-order valence-electron chi connectivity index (χ0n) is 20.6. The number of aromatic nitrogens is 2. The van der Waals surface area contributed by atoms with Crippen molar-refractivity contribution < 1.29 is 14.3 Å². The van der Waals surface area contributed by atoms with E-state index in [4.69, 9.17) is 26.1 Å². The Bertz CT molecular complexity index is 1370. The number of para-hydroxylation sites is 2. The maximum absolute atomic E-state index is 12.9. The number of hydrogen-bond acceptors (Lipinski definition) is 4. The van der Waals surface area contributed by atoms with Gasteiger partial charge in [0.15, 0.2) is 0 Å². The largest absolute Gasteiger partial charge is 0.497 e. The highest BCUT2D eigenvalue weighted by atomic mass is 35.5. The number of carbonyl (C=O) groups is 1. The molecule has 4 aromatic rings. The minimum atomic E-state index is 0.0583. The van der Waals surface area contributed by atoms with Crippen molar-refractivity contribution in [3.8, 4) is 11.5 Å². The predicted molar refractivity (Wildman–Crippen MR) is 142 cm³/mol. The molecule has 0 N–H and O–H groups in total. The average Bonchev–Trinajstić information content (AvgIpc) is 3.44. The van der Waals surface area contributed by atoms with Gasteiger partial charge in [-0.25, -0.2) is 4.98 Å². The maximum Gasteiger partial charge on any atom is 0.223 e. The van der Waals surface area contributed by atoms with Gasteiger partial charge >= 0.3 is 0 Å². The van der Waals surface area contributed by atoms with Crippen molar-refractivity contribution in [2.45, 2.75) is 38.8 Å². The molecule has 1 atom stereocenters. The fourth-order valence-corrected chi connectivity index (χ4v) is 4.93. The summed E-state index contributed by atoms with van der Waals surface area (Å²) in [6, 6.07) is 21.8. The number of ether oxygens (including phenoxy) is 2. The normalized spacial score (nSPS) is 15.6. The van der Waals surface area contributed by atoms with E-state index in [-0.39, 0.29) is 11.8 Å². The Balaban J connectivity index is 1.28. The topological polar surface area (TPSA) is 56.6 Å². The molecule has 3 aromatic carbocycles. The van der Waals surface area contributed by atoms with Crippen LogP contribution >= 0.6 is 11.6 Å². The molecule has 1 amide bonds. The van der Waals surface area contributed by atoms with E-state index in [1.54, 1.807) is 7.11 Å². The number of amides is 1. The Hall–Kier alpha value is -3.51. The number of carbonyl (C=O) groups excluding carboxylic acids is 1. The molecular weight excluding hydrogens is 474 g/mol. The van der Waals surface area contributed by atoms with Gasteiger partial charge in [0, 0.05) is 37.0 Å². The SMILES string of the molecule is COc1ccc(CN2CC(c3nc4ccccc4n3CCCOc3ccc(Cl)c(C)c3)CC2=O)cc1. The molecule has 1 saturated heterocycles. The fraction of sp³-hybridized carbons (Fsp3) is 0.310. The zero-order chi connectivity index (χ0) is 25.1. The molecule has 0 radical (unpaired) electrons. The second-order valence-corrected chi connectivity index (χ2v) is 9.65. The monoisotopic (exact) mass is 503 g/mol. The van der Waals surface area contributed by atoms with Gasteiger partial charge < -0.3 is 18.9 Å². The molecule has 1 fully saturated rings. The van der Waals surface area contributed by atoms with Gasteiger partial charge in [0.2, 0.25) is 5.91 Å². The third kappa shape index (κ3) is 5.19. The van der Waals surface area contributed by atoms with Crippen LogP contribution < -0.4 is 9.47 Å². The number of methoxy groups -OCH3 is 1. The Labute approximate surface area is 216 Å². The number of nitrogens with zero attached hydrogens (tertiary/aromatic N) is 3. The highest BCUT2D eigenvalue weighted by Crippen LogP contribution is 2.32. The molecule has 1 aliphatic heterocycles. The van der Waals surface area contributed by atoms with Crippen molar-refractivity contribution >= 4 is 28.5 Å². The lowest BCUT2D eigenvalue weighted by Crippen LogP contribution is -2.24. The number of rotatable bonds is 9. The number of aryl methyl sites for hydroxylation is 2. The molecule has 0 saturated carbocycles. The van der Waals surface area contributed by atoms with E-state index in [0.717, 1.165) is 57.5 Å². The molecule has 1 aromatic heterocycles. The molecule has 1 unspecified atom stereocenters. The van der Waals surface area contributed by atoms with Crippen LogP contribution in [-0.2, 0) is 17.9 Å². The van der Waals surface area contributed by atoms with Gasteiger partial charge in [-0.05, 0) is 66.9 Å². The molecular formula is C29H30ClN3O3. The summed E-state index contributed by atoms with van der Waals surface area (Å²) >= 11 is 6.12. The van der Waals surface area contributed by atoms with Crippen LogP contribution in [0.15, 0.2) is 66.7 Å². The summed E-state index contributed by atoms with van der Waals surface area (Å²) in [5.74, 6) is 2.83. The van der Waals surface area contributed by atoms with Gasteiger partial charge in [0.05, 0.1) is 24.8 Å². The summed E-state index contributed by atoms with van der Waals surface area (Å²) in [7, 11) is 1.65. The molecule has 1 aliphatic rings. The first-order valence-corrected chi connectivity index (χ1v) is 12.6. The minimum absolute atomic E-state index is 0.0583. The van der Waals surface area contributed by atoms with Gasteiger partial charge in [0.1, 0.15) is 17.3 Å². The van der Waals surface area contributed by atoms with Crippen molar-refractivity contribution in [2.24, 2.45) is 0 Å². The van der Waals surface area contributed by atoms with Crippen LogP contribution in [0.1, 0.15) is 35.7 Å². The summed E-state index contributed by atoms with van der Waals surface area (Å²) in [5, 5.41) is 0.740. The first kappa shape index (κ1) is 24.2. The van der Waals surface area contributed by atoms with Crippen LogP contribution in [0.5, 0.6) is 11.5 Å². The molecule has 6 nitrogen and oxygen atoms in total. The Morgan fingerprint density at radius 3 is 2.61 bits per heavy atom. The Kier molecular flexibility index (Phi) is 7.14. The average molecular weight is 504 g/mol. The Morgan fingerprint density at radius 2 is 1.83 bits per heavy atom. The van der Waals surface area contributed by atoms with Crippen molar-refractivity contribution in [3.05, 3.63) is 88.7 Å². The van der Waals surface area contributed by atoms with Crippen LogP contribution in [0.2, 0.25) is 5.02 Å². The van der Waals surface area contributed by atoms with E-state index in [2.05, 4.69) is 10.6 Å². The lowest BCUT2D eigenvalue weighted by atomic mass is 10.1. The van der Waals surface area contributed by atoms with Gasteiger partial charge in [0.25, 0.3) is 0 Å². The van der Waals surface area contributed by atoms with Crippen LogP contribution in [0, 0.1) is 6.92 Å². The van der Waals surface area contributed by atoms with Crippen LogP contribution in [0.25, 0.3) is 11.0 Å². The maximum atomic E-state index is 12.9. The summed E-state index contributed by atoms with van der Waals surface area (Å²) in [4.78, 5) is 19.8. The number of benzene rings is 3. The molecule has 0 bridgehead atoms. The quantitative estimate of drug-likeness (QED) is 0.263. The first-order valence-electron chi connectivity index (χ1n) is 12.3. The number of fused-ring (bicyclic) bond motifs is 1. The highest BCUT2D eigenvalue weighted by molar-refractivity contribution is 6.31.